The van der Waals surface area contributed by atoms with E-state index < -0.39 is 10.8 Å². The van der Waals surface area contributed by atoms with Crippen molar-refractivity contribution in [2.45, 2.75) is 6.92 Å². The number of amides is 1. The lowest BCUT2D eigenvalue weighted by Gasteiger charge is -2.28. The van der Waals surface area contributed by atoms with Gasteiger partial charge in [-0.3, -0.25) is 14.9 Å². The summed E-state index contributed by atoms with van der Waals surface area (Å²) in [7, 11) is 0. The third kappa shape index (κ3) is 5.52. The minimum Gasteiger partial charge on any atom is -0.476 e. The number of hydrogen-bond acceptors (Lipinski definition) is 8. The zero-order valence-corrected chi connectivity index (χ0v) is 16.5. The highest BCUT2D eigenvalue weighted by atomic mass is 35.5. The molecule has 2 heterocycles. The quantitative estimate of drug-likeness (QED) is 0.409. The molecule has 0 saturated carbocycles. The second-order valence-electron chi connectivity index (χ2n) is 6.24. The van der Waals surface area contributed by atoms with E-state index in [0.29, 0.717) is 24.9 Å². The molecule has 1 fully saturated rings. The van der Waals surface area contributed by atoms with Crippen LogP contribution in [0.4, 0.5) is 11.5 Å². The van der Waals surface area contributed by atoms with E-state index in [1.807, 2.05) is 0 Å². The summed E-state index contributed by atoms with van der Waals surface area (Å²) in [6, 6.07) is 5.64. The topological polar surface area (TPSA) is 120 Å². The maximum Gasteiger partial charge on any atom is 0.288 e. The number of nitrogens with zero attached hydrogens (tertiary/aromatic N) is 4. The highest BCUT2D eigenvalue weighted by Gasteiger charge is 2.17. The number of rotatable bonds is 7. The average molecular weight is 422 g/mol. The van der Waals surface area contributed by atoms with Gasteiger partial charge in [0.15, 0.2) is 0 Å². The fourth-order valence-electron chi connectivity index (χ4n) is 2.77. The lowest BCUT2D eigenvalue weighted by atomic mass is 10.2. The van der Waals surface area contributed by atoms with Gasteiger partial charge in [0.05, 0.1) is 24.7 Å². The molecular formula is C18H20ClN5O5. The zero-order chi connectivity index (χ0) is 20.8. The molecule has 1 aliphatic rings. The van der Waals surface area contributed by atoms with Gasteiger partial charge >= 0.3 is 0 Å². The molecule has 1 aliphatic heterocycles. The van der Waals surface area contributed by atoms with E-state index in [4.69, 9.17) is 21.1 Å². The summed E-state index contributed by atoms with van der Waals surface area (Å²) in [6.45, 7) is 4.96. The lowest BCUT2D eigenvalue weighted by molar-refractivity contribution is -0.384. The fourth-order valence-corrected chi connectivity index (χ4v) is 2.96. The number of ether oxygens (including phenoxy) is 2. The van der Waals surface area contributed by atoms with Gasteiger partial charge in [0, 0.05) is 30.8 Å². The van der Waals surface area contributed by atoms with E-state index in [-0.39, 0.29) is 29.4 Å². The number of carbonyl (C=O) groups excluding carboxylic acids is 1. The van der Waals surface area contributed by atoms with Gasteiger partial charge in [-0.2, -0.15) is 4.98 Å². The number of aryl methyl sites for hydroxylation is 1. The second kappa shape index (κ2) is 9.48. The van der Waals surface area contributed by atoms with Crippen molar-refractivity contribution in [1.82, 2.24) is 15.3 Å². The molecule has 1 aromatic heterocycles. The Morgan fingerprint density at radius 3 is 2.83 bits per heavy atom. The largest absolute Gasteiger partial charge is 0.476 e. The summed E-state index contributed by atoms with van der Waals surface area (Å²) in [5, 5.41) is 13.6. The number of aromatic nitrogens is 2. The van der Waals surface area contributed by atoms with Gasteiger partial charge in [-0.25, -0.2) is 4.98 Å². The van der Waals surface area contributed by atoms with Crippen LogP contribution in [0.15, 0.2) is 24.3 Å². The van der Waals surface area contributed by atoms with Crippen molar-refractivity contribution in [3.63, 3.8) is 0 Å². The summed E-state index contributed by atoms with van der Waals surface area (Å²) >= 11 is 5.76. The fraction of sp³-hybridized carbons (Fsp3) is 0.389. The molecule has 154 valence electrons. The van der Waals surface area contributed by atoms with E-state index in [2.05, 4.69) is 20.2 Å². The van der Waals surface area contributed by atoms with Gasteiger partial charge in [0.25, 0.3) is 11.6 Å². The zero-order valence-electron chi connectivity index (χ0n) is 15.8. The normalized spacial score (nSPS) is 13.8. The van der Waals surface area contributed by atoms with Crippen LogP contribution < -0.4 is 15.0 Å². The van der Waals surface area contributed by atoms with Crippen LogP contribution >= 0.6 is 11.6 Å². The second-order valence-corrected chi connectivity index (χ2v) is 6.65. The first-order valence-corrected chi connectivity index (χ1v) is 9.35. The first kappa shape index (κ1) is 20.7. The molecule has 0 atom stereocenters. The third-order valence-electron chi connectivity index (χ3n) is 4.18. The third-order valence-corrected chi connectivity index (χ3v) is 4.50. The number of nitrogens with one attached hydrogen (secondary N) is 1. The van der Waals surface area contributed by atoms with Crippen molar-refractivity contribution in [1.29, 1.82) is 0 Å². The molecular weight excluding hydrogens is 402 g/mol. The van der Waals surface area contributed by atoms with Crippen LogP contribution in [0.5, 0.6) is 5.88 Å². The molecule has 0 spiro atoms. The summed E-state index contributed by atoms with van der Waals surface area (Å²) in [4.78, 5) is 33.3. The summed E-state index contributed by atoms with van der Waals surface area (Å²) < 4.78 is 11.0. The summed E-state index contributed by atoms with van der Waals surface area (Å²) in [5.41, 5.74) is -0.170. The van der Waals surface area contributed by atoms with Crippen LogP contribution in [0.25, 0.3) is 0 Å². The van der Waals surface area contributed by atoms with Crippen LogP contribution in [0.3, 0.4) is 0 Å². The molecule has 29 heavy (non-hydrogen) atoms. The molecule has 0 aliphatic carbocycles. The van der Waals surface area contributed by atoms with Gasteiger partial charge in [0.1, 0.15) is 23.3 Å². The number of carbonyl (C=O) groups is 1. The Balaban J connectivity index is 1.54. The van der Waals surface area contributed by atoms with Gasteiger partial charge in [-0.1, -0.05) is 11.6 Å². The van der Waals surface area contributed by atoms with Gasteiger partial charge in [-0.15, -0.1) is 0 Å². The molecule has 0 bridgehead atoms. The SMILES string of the molecule is Cc1nc(OCCNC(=O)c2ccc(Cl)c([N+](=O)[O-])c2)cc(N2CCOCC2)n1. The average Bonchev–Trinajstić information content (AvgIpc) is 2.71. The van der Waals surface area contributed by atoms with Crippen molar-refractivity contribution in [3.8, 4) is 5.88 Å². The molecule has 1 aromatic carbocycles. The van der Waals surface area contributed by atoms with Crippen molar-refractivity contribution in [2.75, 3.05) is 44.4 Å². The smallest absolute Gasteiger partial charge is 0.288 e. The van der Waals surface area contributed by atoms with E-state index in [9.17, 15) is 14.9 Å². The maximum atomic E-state index is 12.2. The van der Waals surface area contributed by atoms with Crippen LogP contribution in [-0.2, 0) is 4.74 Å². The number of anilines is 1. The van der Waals surface area contributed by atoms with E-state index in [1.54, 1.807) is 13.0 Å². The molecule has 2 aromatic rings. The van der Waals surface area contributed by atoms with Crippen molar-refractivity contribution >= 4 is 29.0 Å². The van der Waals surface area contributed by atoms with Gasteiger partial charge < -0.3 is 19.7 Å². The Morgan fingerprint density at radius 1 is 1.34 bits per heavy atom. The van der Waals surface area contributed by atoms with Gasteiger partial charge in [0.2, 0.25) is 5.88 Å². The Kier molecular flexibility index (Phi) is 6.78. The predicted molar refractivity (Wildman–Crippen MR) is 106 cm³/mol. The number of morpholine rings is 1. The number of hydrogen-bond donors (Lipinski definition) is 1. The maximum absolute atomic E-state index is 12.2. The Morgan fingerprint density at radius 2 is 2.10 bits per heavy atom. The summed E-state index contributed by atoms with van der Waals surface area (Å²) in [6.07, 6.45) is 0. The van der Waals surface area contributed by atoms with Crippen LogP contribution in [-0.4, -0.2) is 60.3 Å². The predicted octanol–water partition coefficient (Wildman–Crippen LogP) is 1.99. The Bertz CT molecular complexity index is 904. The lowest BCUT2D eigenvalue weighted by Crippen LogP contribution is -2.37. The van der Waals surface area contributed by atoms with Crippen molar-refractivity contribution in [3.05, 3.63) is 50.8 Å². The summed E-state index contributed by atoms with van der Waals surface area (Å²) in [5.74, 6) is 1.31. The number of nitro groups is 1. The Hall–Kier alpha value is -2.98. The number of nitro benzene ring substituents is 1. The van der Waals surface area contributed by atoms with E-state index in [1.165, 1.54) is 12.1 Å². The number of halogens is 1. The molecule has 3 rings (SSSR count). The molecule has 10 nitrogen and oxygen atoms in total. The highest BCUT2D eigenvalue weighted by molar-refractivity contribution is 6.32. The minimum absolute atomic E-state index is 0.0231. The monoisotopic (exact) mass is 421 g/mol. The van der Waals surface area contributed by atoms with Crippen LogP contribution in [0, 0.1) is 17.0 Å². The van der Waals surface area contributed by atoms with E-state index >= 15 is 0 Å². The molecule has 1 saturated heterocycles. The molecule has 0 radical (unpaired) electrons. The van der Waals surface area contributed by atoms with Crippen LogP contribution in [0.1, 0.15) is 16.2 Å². The Labute approximate surface area is 171 Å². The standard InChI is InChI=1S/C18H20ClN5O5/c1-12-21-16(23-5-8-28-9-6-23)11-17(22-12)29-7-4-20-18(25)13-2-3-14(19)15(10-13)24(26)27/h2-3,10-11H,4-9H2,1H3,(H,20,25). The number of benzene rings is 1. The van der Waals surface area contributed by atoms with Gasteiger partial charge in [-0.05, 0) is 19.1 Å². The molecule has 11 heteroatoms. The van der Waals surface area contributed by atoms with Crippen molar-refractivity contribution < 1.29 is 19.2 Å². The molecule has 1 N–H and O–H groups in total. The van der Waals surface area contributed by atoms with Crippen molar-refractivity contribution in [2.24, 2.45) is 0 Å². The highest BCUT2D eigenvalue weighted by Crippen LogP contribution is 2.25. The van der Waals surface area contributed by atoms with E-state index in [0.717, 1.165) is 25.0 Å². The van der Waals surface area contributed by atoms with Crippen LogP contribution in [0.2, 0.25) is 5.02 Å². The first-order chi connectivity index (χ1) is 13.9. The minimum atomic E-state index is -0.633. The first-order valence-electron chi connectivity index (χ1n) is 8.97. The molecule has 1 amide bonds. The molecule has 0 unspecified atom stereocenters.